The van der Waals surface area contributed by atoms with Gasteiger partial charge in [0.2, 0.25) is 5.91 Å². The molecular weight excluding hydrogens is 512 g/mol. The lowest BCUT2D eigenvalue weighted by Gasteiger charge is -2.27. The average molecular weight is 549 g/mol. The summed E-state index contributed by atoms with van der Waals surface area (Å²) in [7, 11) is 0. The molecule has 1 amide bonds. The third kappa shape index (κ3) is 6.26. The Morgan fingerprint density at radius 1 is 0.976 bits per heavy atom. The molecule has 210 valence electrons. The second-order valence-electron chi connectivity index (χ2n) is 9.70. The van der Waals surface area contributed by atoms with Gasteiger partial charge in [0.05, 0.1) is 11.3 Å². The third-order valence-electron chi connectivity index (χ3n) is 6.87. The minimum Gasteiger partial charge on any atom is -0.383 e. The van der Waals surface area contributed by atoms with E-state index in [1.165, 1.54) is 12.5 Å². The number of carbonyl (C=O) groups is 1. The molecule has 1 fully saturated rings. The van der Waals surface area contributed by atoms with Crippen molar-refractivity contribution in [2.24, 2.45) is 0 Å². The number of hydrogen-bond donors (Lipinski definition) is 3. The fraction of sp³-hybridized carbons (Fsp3) is 0.250. The van der Waals surface area contributed by atoms with Crippen molar-refractivity contribution in [3.05, 3.63) is 84.6 Å². The smallest absolute Gasteiger partial charge is 0.221 e. The number of pyridine rings is 2. The van der Waals surface area contributed by atoms with E-state index in [0.717, 1.165) is 66.4 Å². The van der Waals surface area contributed by atoms with Gasteiger partial charge < -0.3 is 16.4 Å². The molecule has 1 aliphatic rings. The third-order valence-corrected chi connectivity index (χ3v) is 6.87. The molecule has 1 aliphatic heterocycles. The van der Waals surface area contributed by atoms with Gasteiger partial charge in [0.15, 0.2) is 11.5 Å². The highest BCUT2D eigenvalue weighted by Gasteiger charge is 2.19. The Kier molecular flexibility index (Phi) is 8.67. The van der Waals surface area contributed by atoms with Crippen LogP contribution in [0.25, 0.3) is 39.5 Å². The molecule has 5 aromatic rings. The van der Waals surface area contributed by atoms with Gasteiger partial charge in [-0.2, -0.15) is 0 Å². The molecule has 6 rings (SSSR count). The van der Waals surface area contributed by atoms with Crippen LogP contribution in [0.1, 0.15) is 26.3 Å². The van der Waals surface area contributed by atoms with Crippen LogP contribution in [0.15, 0.2) is 79.0 Å². The van der Waals surface area contributed by atoms with Gasteiger partial charge in [-0.25, -0.2) is 15.0 Å². The normalized spacial score (nSPS) is 13.4. The van der Waals surface area contributed by atoms with Gasteiger partial charge in [0, 0.05) is 62.8 Å². The van der Waals surface area contributed by atoms with Crippen molar-refractivity contribution >= 4 is 28.6 Å². The first kappa shape index (κ1) is 27.9. The molecule has 0 saturated carbocycles. The standard InChI is InChI=1S/C30H30N8O.C2H6/c1-20(39)34-23-5-2-4-22(18-23)26-11-12-27-30(35-26)38(29(36-27)25-6-3-13-33-28(25)31)24-9-7-21(8-10-24)19-37-16-14-32-15-17-37;1-2/h2-13,18,32H,14-17,19H2,1H3,(H2,31,33)(H,34,39);1-2H3. The van der Waals surface area contributed by atoms with E-state index in [-0.39, 0.29) is 5.91 Å². The van der Waals surface area contributed by atoms with E-state index in [1.54, 1.807) is 6.20 Å². The molecule has 41 heavy (non-hydrogen) atoms. The maximum atomic E-state index is 11.6. The van der Waals surface area contributed by atoms with E-state index in [4.69, 9.17) is 15.7 Å². The molecule has 0 bridgehead atoms. The van der Waals surface area contributed by atoms with Crippen molar-refractivity contribution < 1.29 is 4.79 Å². The number of aromatic nitrogens is 4. The lowest BCUT2D eigenvalue weighted by atomic mass is 10.1. The van der Waals surface area contributed by atoms with Crippen LogP contribution in [0.5, 0.6) is 0 Å². The Hall–Kier alpha value is -4.60. The molecule has 9 heteroatoms. The lowest BCUT2D eigenvalue weighted by Crippen LogP contribution is -2.42. The highest BCUT2D eigenvalue weighted by atomic mass is 16.1. The Labute approximate surface area is 240 Å². The van der Waals surface area contributed by atoms with E-state index >= 15 is 0 Å². The van der Waals surface area contributed by atoms with Gasteiger partial charge in [-0.1, -0.05) is 38.1 Å². The number of hydrogen-bond acceptors (Lipinski definition) is 7. The molecule has 9 nitrogen and oxygen atoms in total. The largest absolute Gasteiger partial charge is 0.383 e. The monoisotopic (exact) mass is 548 g/mol. The van der Waals surface area contributed by atoms with Crippen molar-refractivity contribution in [2.75, 3.05) is 37.2 Å². The van der Waals surface area contributed by atoms with Crippen molar-refractivity contribution in [2.45, 2.75) is 27.3 Å². The SMILES string of the molecule is CC.CC(=O)Nc1cccc(-c2ccc3nc(-c4cccnc4N)n(-c4ccc(CN5CCNCC5)cc4)c3n2)c1. The van der Waals surface area contributed by atoms with Gasteiger partial charge in [-0.05, 0) is 54.1 Å². The van der Waals surface area contributed by atoms with Crippen LogP contribution in [0.2, 0.25) is 0 Å². The number of nitrogens with zero attached hydrogens (tertiary/aromatic N) is 5. The molecule has 4 heterocycles. The zero-order valence-corrected chi connectivity index (χ0v) is 23.8. The Balaban J connectivity index is 0.00000165. The summed E-state index contributed by atoms with van der Waals surface area (Å²) >= 11 is 0. The number of piperazine rings is 1. The summed E-state index contributed by atoms with van der Waals surface area (Å²) in [5, 5.41) is 6.25. The van der Waals surface area contributed by atoms with E-state index in [2.05, 4.69) is 44.8 Å². The zero-order valence-electron chi connectivity index (χ0n) is 23.8. The predicted molar refractivity (Wildman–Crippen MR) is 166 cm³/mol. The van der Waals surface area contributed by atoms with E-state index in [0.29, 0.717) is 17.3 Å². The van der Waals surface area contributed by atoms with Crippen molar-refractivity contribution in [1.82, 2.24) is 29.7 Å². The summed E-state index contributed by atoms with van der Waals surface area (Å²) in [5.74, 6) is 0.974. The summed E-state index contributed by atoms with van der Waals surface area (Å²) in [6.07, 6.45) is 1.68. The molecule has 0 spiro atoms. The molecule has 2 aromatic carbocycles. The van der Waals surface area contributed by atoms with Gasteiger partial charge >= 0.3 is 0 Å². The molecule has 0 radical (unpaired) electrons. The Bertz CT molecular complexity index is 1640. The van der Waals surface area contributed by atoms with Gasteiger partial charge in [0.25, 0.3) is 0 Å². The second kappa shape index (κ2) is 12.7. The molecule has 4 N–H and O–H groups in total. The fourth-order valence-electron chi connectivity index (χ4n) is 4.99. The minimum atomic E-state index is -0.118. The van der Waals surface area contributed by atoms with Crippen LogP contribution in [-0.2, 0) is 11.3 Å². The Morgan fingerprint density at radius 2 is 1.76 bits per heavy atom. The van der Waals surface area contributed by atoms with Crippen molar-refractivity contribution in [1.29, 1.82) is 0 Å². The summed E-state index contributed by atoms with van der Waals surface area (Å²) in [5.41, 5.74) is 13.1. The number of rotatable bonds is 6. The molecule has 1 saturated heterocycles. The number of benzene rings is 2. The fourth-order valence-corrected chi connectivity index (χ4v) is 4.99. The zero-order chi connectivity index (χ0) is 28.8. The number of nitrogen functional groups attached to an aromatic ring is 1. The minimum absolute atomic E-state index is 0.118. The van der Waals surface area contributed by atoms with Crippen LogP contribution in [0.3, 0.4) is 0 Å². The predicted octanol–water partition coefficient (Wildman–Crippen LogP) is 5.12. The lowest BCUT2D eigenvalue weighted by molar-refractivity contribution is -0.114. The van der Waals surface area contributed by atoms with E-state index in [1.807, 2.05) is 66.9 Å². The average Bonchev–Trinajstić information content (AvgIpc) is 3.38. The highest BCUT2D eigenvalue weighted by molar-refractivity contribution is 5.90. The molecule has 0 atom stereocenters. The van der Waals surface area contributed by atoms with E-state index < -0.39 is 0 Å². The number of anilines is 2. The first-order valence-corrected chi connectivity index (χ1v) is 14.1. The number of nitrogens with two attached hydrogens (primary N) is 1. The maximum absolute atomic E-state index is 11.6. The number of nitrogens with one attached hydrogen (secondary N) is 2. The van der Waals surface area contributed by atoms with Crippen molar-refractivity contribution in [3.63, 3.8) is 0 Å². The van der Waals surface area contributed by atoms with Crippen LogP contribution in [0.4, 0.5) is 11.5 Å². The second-order valence-corrected chi connectivity index (χ2v) is 9.70. The summed E-state index contributed by atoms with van der Waals surface area (Å²) in [4.78, 5) is 28.3. The van der Waals surface area contributed by atoms with Crippen LogP contribution >= 0.6 is 0 Å². The number of fused-ring (bicyclic) bond motifs is 1. The van der Waals surface area contributed by atoms with Gasteiger partial charge in [-0.3, -0.25) is 14.3 Å². The first-order chi connectivity index (χ1) is 20.0. The highest BCUT2D eigenvalue weighted by Crippen LogP contribution is 2.32. The number of imidazole rings is 1. The molecule has 0 aliphatic carbocycles. The van der Waals surface area contributed by atoms with Crippen LogP contribution in [-0.4, -0.2) is 56.5 Å². The van der Waals surface area contributed by atoms with Crippen LogP contribution < -0.4 is 16.4 Å². The topological polar surface area (TPSA) is 114 Å². The molecular formula is C32H36N8O. The quantitative estimate of drug-likeness (QED) is 0.270. The van der Waals surface area contributed by atoms with Crippen LogP contribution in [0, 0.1) is 0 Å². The maximum Gasteiger partial charge on any atom is 0.221 e. The number of carbonyl (C=O) groups excluding carboxylic acids is 1. The van der Waals surface area contributed by atoms with Gasteiger partial charge in [-0.15, -0.1) is 0 Å². The Morgan fingerprint density at radius 3 is 2.49 bits per heavy atom. The molecule has 0 unspecified atom stereocenters. The molecule has 3 aromatic heterocycles. The summed E-state index contributed by atoms with van der Waals surface area (Å²) in [6.45, 7) is 10.6. The first-order valence-electron chi connectivity index (χ1n) is 14.1. The van der Waals surface area contributed by atoms with Crippen molar-refractivity contribution in [3.8, 4) is 28.3 Å². The van der Waals surface area contributed by atoms with E-state index in [9.17, 15) is 4.79 Å². The number of amides is 1. The van der Waals surface area contributed by atoms with Gasteiger partial charge in [0.1, 0.15) is 11.3 Å². The summed E-state index contributed by atoms with van der Waals surface area (Å²) < 4.78 is 2.04. The summed E-state index contributed by atoms with van der Waals surface area (Å²) in [6, 6.07) is 23.9.